The van der Waals surface area contributed by atoms with Crippen LogP contribution in [-0.4, -0.2) is 102 Å². The smallest absolute Gasteiger partial charge is 0.245 e. The van der Waals surface area contributed by atoms with E-state index >= 15 is 0 Å². The number of fused-ring (bicyclic) bond motifs is 1. The Bertz CT molecular complexity index is 1440. The topological polar surface area (TPSA) is 156 Å². The molecule has 49 heavy (non-hydrogen) atoms. The standard InChI is InChI=1S/C37H58N6O6/c1-11-23(4)32(42(8)35(46)31(22(2)3)41-36(47)37(6,7)38)29(48-9)21-30(44)43-19-13-15-28(43)33(49-10)24(5)34(45)40-26-16-17-27-25(20-26)14-12-18-39-27/h12,14,16-18,20,22-24,28-29,31-33H,11,13,15,19,21,38H2,1-10H3,(H,40,45)(H,41,47). The number of nitrogens with two attached hydrogens (primary N) is 1. The van der Waals surface area contributed by atoms with Crippen LogP contribution in [0.25, 0.3) is 10.9 Å². The SMILES string of the molecule is CCC(C)C(C(CC(=O)N1CCCC1C(OC)C(C)C(=O)Nc1ccc2ncccc2c1)OC)N(C)C(=O)C(NC(=O)C(C)(C)N)C(C)C. The third-order valence-electron chi connectivity index (χ3n) is 9.93. The van der Waals surface area contributed by atoms with Gasteiger partial charge in [-0.25, -0.2) is 0 Å². The first-order chi connectivity index (χ1) is 23.0. The summed E-state index contributed by atoms with van der Waals surface area (Å²) in [5.74, 6) is -1.79. The summed E-state index contributed by atoms with van der Waals surface area (Å²) in [6.45, 7) is 13.3. The Morgan fingerprint density at radius 3 is 2.39 bits per heavy atom. The maximum Gasteiger partial charge on any atom is 0.245 e. The van der Waals surface area contributed by atoms with Gasteiger partial charge in [0.1, 0.15) is 6.04 Å². The number of nitrogens with zero attached hydrogens (tertiary/aromatic N) is 3. The average molecular weight is 683 g/mol. The van der Waals surface area contributed by atoms with Crippen LogP contribution in [0.2, 0.25) is 0 Å². The summed E-state index contributed by atoms with van der Waals surface area (Å²) in [6.07, 6.45) is 2.83. The van der Waals surface area contributed by atoms with Crippen molar-refractivity contribution >= 4 is 40.2 Å². The van der Waals surface area contributed by atoms with Crippen LogP contribution in [0.4, 0.5) is 5.69 Å². The molecule has 272 valence electrons. The molecule has 4 N–H and O–H groups in total. The lowest BCUT2D eigenvalue weighted by molar-refractivity contribution is -0.147. The number of methoxy groups -OCH3 is 2. The van der Waals surface area contributed by atoms with Gasteiger partial charge in [0.15, 0.2) is 0 Å². The predicted octanol–water partition coefficient (Wildman–Crippen LogP) is 3.97. The number of likely N-dealkylation sites (N-methyl/N-ethyl adjacent to an activating group) is 1. The number of pyridine rings is 1. The zero-order valence-corrected chi connectivity index (χ0v) is 31.0. The van der Waals surface area contributed by atoms with Crippen molar-refractivity contribution in [3.63, 3.8) is 0 Å². The molecule has 12 nitrogen and oxygen atoms in total. The predicted molar refractivity (Wildman–Crippen MR) is 192 cm³/mol. The van der Waals surface area contributed by atoms with Crippen LogP contribution in [0.1, 0.15) is 74.1 Å². The highest BCUT2D eigenvalue weighted by molar-refractivity contribution is 5.95. The largest absolute Gasteiger partial charge is 0.379 e. The van der Waals surface area contributed by atoms with E-state index in [0.717, 1.165) is 23.7 Å². The molecule has 0 spiro atoms. The van der Waals surface area contributed by atoms with Crippen molar-refractivity contribution in [1.29, 1.82) is 0 Å². The van der Waals surface area contributed by atoms with E-state index in [9.17, 15) is 19.2 Å². The van der Waals surface area contributed by atoms with Crippen molar-refractivity contribution < 1.29 is 28.7 Å². The lowest BCUT2D eigenvalue weighted by Gasteiger charge is -2.41. The van der Waals surface area contributed by atoms with Gasteiger partial charge < -0.3 is 35.6 Å². The zero-order valence-electron chi connectivity index (χ0n) is 31.0. The highest BCUT2D eigenvalue weighted by Crippen LogP contribution is 2.30. The van der Waals surface area contributed by atoms with Gasteiger partial charge in [-0.2, -0.15) is 0 Å². The zero-order chi connectivity index (χ0) is 36.6. The van der Waals surface area contributed by atoms with Crippen LogP contribution in [0.3, 0.4) is 0 Å². The van der Waals surface area contributed by atoms with Gasteiger partial charge in [-0.15, -0.1) is 0 Å². The minimum atomic E-state index is -1.15. The van der Waals surface area contributed by atoms with Crippen LogP contribution >= 0.6 is 0 Å². The van der Waals surface area contributed by atoms with Crippen molar-refractivity contribution in [2.45, 2.75) is 110 Å². The highest BCUT2D eigenvalue weighted by atomic mass is 16.5. The Kier molecular flexibility index (Phi) is 14.1. The van der Waals surface area contributed by atoms with E-state index in [1.807, 2.05) is 69.9 Å². The van der Waals surface area contributed by atoms with Gasteiger partial charge >= 0.3 is 0 Å². The summed E-state index contributed by atoms with van der Waals surface area (Å²) in [4.78, 5) is 62.0. The first-order valence-corrected chi connectivity index (χ1v) is 17.4. The van der Waals surface area contributed by atoms with E-state index in [-0.39, 0.29) is 42.0 Å². The molecule has 2 aromatic rings. The molecule has 1 aliphatic heterocycles. The van der Waals surface area contributed by atoms with Crippen LogP contribution in [0, 0.1) is 17.8 Å². The van der Waals surface area contributed by atoms with Crippen LogP contribution in [-0.2, 0) is 28.7 Å². The number of likely N-dealkylation sites (tertiary alicyclic amines) is 1. The van der Waals surface area contributed by atoms with Gasteiger partial charge in [0.05, 0.1) is 47.7 Å². The van der Waals surface area contributed by atoms with E-state index in [0.29, 0.717) is 18.7 Å². The molecule has 0 saturated carbocycles. The number of carbonyl (C=O) groups is 4. The molecule has 2 heterocycles. The summed E-state index contributed by atoms with van der Waals surface area (Å²) in [6, 6.07) is 7.81. The van der Waals surface area contributed by atoms with Crippen molar-refractivity contribution in [2.24, 2.45) is 23.5 Å². The Hall–Kier alpha value is -3.61. The van der Waals surface area contributed by atoms with E-state index in [4.69, 9.17) is 15.2 Å². The van der Waals surface area contributed by atoms with Crippen LogP contribution < -0.4 is 16.4 Å². The molecule has 7 unspecified atom stereocenters. The molecule has 1 fully saturated rings. The number of hydrogen-bond donors (Lipinski definition) is 3. The van der Waals surface area contributed by atoms with Gasteiger partial charge in [0, 0.05) is 45.1 Å². The fourth-order valence-corrected chi connectivity index (χ4v) is 6.78. The van der Waals surface area contributed by atoms with Gasteiger partial charge in [-0.05, 0) is 62.8 Å². The quantitative estimate of drug-likeness (QED) is 0.240. The molecule has 12 heteroatoms. The van der Waals surface area contributed by atoms with E-state index < -0.39 is 41.7 Å². The third kappa shape index (κ3) is 9.76. The van der Waals surface area contributed by atoms with Crippen molar-refractivity contribution in [2.75, 3.05) is 33.1 Å². The summed E-state index contributed by atoms with van der Waals surface area (Å²) >= 11 is 0. The fourth-order valence-electron chi connectivity index (χ4n) is 6.78. The maximum atomic E-state index is 14.1. The van der Waals surface area contributed by atoms with Gasteiger partial charge in [0.25, 0.3) is 0 Å². The third-order valence-corrected chi connectivity index (χ3v) is 9.93. The van der Waals surface area contributed by atoms with Gasteiger partial charge in [-0.1, -0.05) is 47.1 Å². The summed E-state index contributed by atoms with van der Waals surface area (Å²) < 4.78 is 11.9. The molecule has 0 aliphatic carbocycles. The molecule has 1 aromatic heterocycles. The molecule has 1 saturated heterocycles. The lowest BCUT2D eigenvalue weighted by atomic mass is 9.89. The Morgan fingerprint density at radius 1 is 1.10 bits per heavy atom. The first-order valence-electron chi connectivity index (χ1n) is 17.4. The van der Waals surface area contributed by atoms with E-state index in [1.54, 1.807) is 46.2 Å². The van der Waals surface area contributed by atoms with Crippen LogP contribution in [0.15, 0.2) is 36.5 Å². The number of amides is 4. The normalized spacial score (nSPS) is 18.8. The van der Waals surface area contributed by atoms with E-state index in [2.05, 4.69) is 15.6 Å². The Balaban J connectivity index is 1.77. The molecule has 4 amide bonds. The minimum absolute atomic E-state index is 0.0168. The first kappa shape index (κ1) is 39.8. The van der Waals surface area contributed by atoms with Gasteiger partial charge in [0.2, 0.25) is 23.6 Å². The molecule has 1 aliphatic rings. The molecule has 1 aromatic carbocycles. The Labute approximate surface area is 291 Å². The number of ether oxygens (including phenoxy) is 2. The molecule has 0 radical (unpaired) electrons. The summed E-state index contributed by atoms with van der Waals surface area (Å²) in [5, 5.41) is 6.77. The Morgan fingerprint density at radius 2 is 1.80 bits per heavy atom. The summed E-state index contributed by atoms with van der Waals surface area (Å²) in [7, 11) is 4.83. The van der Waals surface area contributed by atoms with Gasteiger partial charge in [-0.3, -0.25) is 24.2 Å². The highest BCUT2D eigenvalue weighted by Gasteiger charge is 2.43. The molecular formula is C37H58N6O6. The molecule has 7 atom stereocenters. The molecular weight excluding hydrogens is 624 g/mol. The monoisotopic (exact) mass is 682 g/mol. The number of nitrogens with one attached hydrogen (secondary N) is 2. The summed E-state index contributed by atoms with van der Waals surface area (Å²) in [5.41, 5.74) is 6.37. The molecule has 0 bridgehead atoms. The van der Waals surface area contributed by atoms with E-state index in [1.165, 1.54) is 0 Å². The molecule has 3 rings (SSSR count). The minimum Gasteiger partial charge on any atom is -0.379 e. The van der Waals surface area contributed by atoms with Crippen molar-refractivity contribution in [3.8, 4) is 0 Å². The van der Waals surface area contributed by atoms with Crippen molar-refractivity contribution in [3.05, 3.63) is 36.5 Å². The van der Waals surface area contributed by atoms with Crippen molar-refractivity contribution in [1.82, 2.24) is 20.1 Å². The number of anilines is 1. The lowest BCUT2D eigenvalue weighted by Crippen LogP contribution is -2.60. The number of aromatic nitrogens is 1. The second-order valence-corrected chi connectivity index (χ2v) is 14.4. The fraction of sp³-hybridized carbons (Fsp3) is 0.649. The number of carbonyl (C=O) groups excluding carboxylic acids is 4. The number of benzene rings is 1. The maximum absolute atomic E-state index is 14.1. The average Bonchev–Trinajstić information content (AvgIpc) is 3.55. The second kappa shape index (κ2) is 17.4. The number of hydrogen-bond acceptors (Lipinski definition) is 8. The van der Waals surface area contributed by atoms with Crippen LogP contribution in [0.5, 0.6) is 0 Å². The second-order valence-electron chi connectivity index (χ2n) is 14.4. The number of rotatable bonds is 16.